The van der Waals surface area contributed by atoms with Gasteiger partial charge in [-0.15, -0.1) is 0 Å². The Morgan fingerprint density at radius 1 is 1.59 bits per heavy atom. The summed E-state index contributed by atoms with van der Waals surface area (Å²) in [5.41, 5.74) is 0.682. The monoisotopic (exact) mass is 238 g/mol. The van der Waals surface area contributed by atoms with Crippen LogP contribution in [-0.2, 0) is 14.3 Å². The van der Waals surface area contributed by atoms with Crippen LogP contribution in [-0.4, -0.2) is 30.1 Å². The SMILES string of the molecule is COC(=O)CCC/C=C\CC1=CC(O)CC1=O. The lowest BCUT2D eigenvalue weighted by Gasteiger charge is -1.96. The number of rotatable bonds is 6. The first-order chi connectivity index (χ1) is 8.13. The number of carbonyl (C=O) groups excluding carboxylic acids is 2. The van der Waals surface area contributed by atoms with Crippen LogP contribution in [0.25, 0.3) is 0 Å². The van der Waals surface area contributed by atoms with Crippen LogP contribution in [0, 0.1) is 0 Å². The summed E-state index contributed by atoms with van der Waals surface area (Å²) >= 11 is 0. The highest BCUT2D eigenvalue weighted by Crippen LogP contribution is 2.18. The number of allylic oxidation sites excluding steroid dienone is 3. The molecule has 0 amide bonds. The van der Waals surface area contributed by atoms with Gasteiger partial charge in [-0.3, -0.25) is 9.59 Å². The summed E-state index contributed by atoms with van der Waals surface area (Å²) in [5.74, 6) is -0.174. The van der Waals surface area contributed by atoms with Crippen LogP contribution in [0.1, 0.15) is 32.1 Å². The summed E-state index contributed by atoms with van der Waals surface area (Å²) in [5, 5.41) is 9.23. The predicted molar refractivity (Wildman–Crippen MR) is 63.3 cm³/mol. The van der Waals surface area contributed by atoms with Gasteiger partial charge in [0.1, 0.15) is 0 Å². The first kappa shape index (κ1) is 13.6. The van der Waals surface area contributed by atoms with E-state index in [-0.39, 0.29) is 18.2 Å². The average molecular weight is 238 g/mol. The Kier molecular flexibility index (Phi) is 5.63. The van der Waals surface area contributed by atoms with Crippen molar-refractivity contribution in [3.05, 3.63) is 23.8 Å². The van der Waals surface area contributed by atoms with Gasteiger partial charge in [-0.25, -0.2) is 0 Å². The van der Waals surface area contributed by atoms with Gasteiger partial charge in [0, 0.05) is 12.8 Å². The van der Waals surface area contributed by atoms with E-state index in [1.807, 2.05) is 12.2 Å². The molecule has 0 fully saturated rings. The van der Waals surface area contributed by atoms with E-state index in [0.717, 1.165) is 12.8 Å². The lowest BCUT2D eigenvalue weighted by atomic mass is 10.1. The van der Waals surface area contributed by atoms with Crippen LogP contribution < -0.4 is 0 Å². The van der Waals surface area contributed by atoms with E-state index >= 15 is 0 Å². The molecule has 0 saturated carbocycles. The fraction of sp³-hybridized carbons (Fsp3) is 0.538. The number of Topliss-reactive ketones (excluding diaryl/α,β-unsaturated/α-hetero) is 1. The number of unbranched alkanes of at least 4 members (excludes halogenated alkanes) is 1. The van der Waals surface area contributed by atoms with Crippen molar-refractivity contribution >= 4 is 11.8 Å². The molecule has 0 aliphatic heterocycles. The van der Waals surface area contributed by atoms with E-state index in [1.165, 1.54) is 7.11 Å². The molecule has 1 aliphatic rings. The predicted octanol–water partition coefficient (Wildman–Crippen LogP) is 1.54. The first-order valence-electron chi connectivity index (χ1n) is 5.77. The average Bonchev–Trinajstić information content (AvgIpc) is 2.62. The van der Waals surface area contributed by atoms with E-state index in [9.17, 15) is 14.7 Å². The molecule has 1 unspecified atom stereocenters. The summed E-state index contributed by atoms with van der Waals surface area (Å²) in [4.78, 5) is 22.1. The Balaban J connectivity index is 2.16. The van der Waals surface area contributed by atoms with E-state index in [4.69, 9.17) is 0 Å². The highest BCUT2D eigenvalue weighted by atomic mass is 16.5. The molecule has 1 N–H and O–H groups in total. The molecule has 0 spiro atoms. The van der Waals surface area contributed by atoms with Gasteiger partial charge in [0.25, 0.3) is 0 Å². The summed E-state index contributed by atoms with van der Waals surface area (Å²) in [6.45, 7) is 0. The third-order valence-corrected chi connectivity index (χ3v) is 2.63. The smallest absolute Gasteiger partial charge is 0.305 e. The maximum absolute atomic E-state index is 11.3. The van der Waals surface area contributed by atoms with Crippen LogP contribution in [0.2, 0.25) is 0 Å². The van der Waals surface area contributed by atoms with Crippen molar-refractivity contribution in [1.82, 2.24) is 0 Å². The number of aliphatic hydroxyl groups excluding tert-OH is 1. The quantitative estimate of drug-likeness (QED) is 0.433. The fourth-order valence-electron chi connectivity index (χ4n) is 1.68. The Morgan fingerprint density at radius 3 is 2.94 bits per heavy atom. The van der Waals surface area contributed by atoms with Crippen molar-refractivity contribution in [2.24, 2.45) is 0 Å². The van der Waals surface area contributed by atoms with Gasteiger partial charge in [-0.1, -0.05) is 12.2 Å². The minimum atomic E-state index is -0.606. The van der Waals surface area contributed by atoms with Crippen LogP contribution in [0.3, 0.4) is 0 Å². The van der Waals surface area contributed by atoms with Gasteiger partial charge in [0.15, 0.2) is 5.78 Å². The molecule has 0 heterocycles. The lowest BCUT2D eigenvalue weighted by Crippen LogP contribution is -2.00. The maximum atomic E-state index is 11.3. The second kappa shape index (κ2) is 7.01. The van der Waals surface area contributed by atoms with E-state index < -0.39 is 6.10 Å². The molecule has 94 valence electrons. The van der Waals surface area contributed by atoms with Crippen LogP contribution in [0.4, 0.5) is 0 Å². The number of hydrogen-bond donors (Lipinski definition) is 1. The van der Waals surface area contributed by atoms with Crippen molar-refractivity contribution in [3.8, 4) is 0 Å². The zero-order valence-corrected chi connectivity index (χ0v) is 10.0. The van der Waals surface area contributed by atoms with Crippen LogP contribution in [0.15, 0.2) is 23.8 Å². The van der Waals surface area contributed by atoms with Crippen molar-refractivity contribution in [3.63, 3.8) is 0 Å². The highest BCUT2D eigenvalue weighted by molar-refractivity contribution is 5.98. The fourth-order valence-corrected chi connectivity index (χ4v) is 1.68. The van der Waals surface area contributed by atoms with Gasteiger partial charge >= 0.3 is 5.97 Å². The molecule has 4 nitrogen and oxygen atoms in total. The van der Waals surface area contributed by atoms with Gasteiger partial charge < -0.3 is 9.84 Å². The molecule has 4 heteroatoms. The number of aliphatic hydroxyl groups is 1. The second-order valence-corrected chi connectivity index (χ2v) is 4.03. The number of ketones is 1. The molecule has 0 aromatic rings. The number of hydrogen-bond acceptors (Lipinski definition) is 4. The van der Waals surface area contributed by atoms with Gasteiger partial charge in [-0.2, -0.15) is 0 Å². The second-order valence-electron chi connectivity index (χ2n) is 4.03. The summed E-state index contributed by atoms with van der Waals surface area (Å²) < 4.78 is 4.52. The first-order valence-corrected chi connectivity index (χ1v) is 5.77. The normalized spacial score (nSPS) is 19.8. The van der Waals surface area contributed by atoms with Crippen molar-refractivity contribution in [1.29, 1.82) is 0 Å². The van der Waals surface area contributed by atoms with E-state index in [0.29, 0.717) is 18.4 Å². The molecule has 1 aliphatic carbocycles. The minimum Gasteiger partial charge on any atom is -0.469 e. The molecule has 0 aromatic carbocycles. The highest BCUT2D eigenvalue weighted by Gasteiger charge is 2.20. The van der Waals surface area contributed by atoms with Gasteiger partial charge in [0.2, 0.25) is 0 Å². The third-order valence-electron chi connectivity index (χ3n) is 2.63. The standard InChI is InChI=1S/C13H18O4/c1-17-13(16)7-5-3-2-4-6-10-8-11(14)9-12(10)15/h2,4,8,11,14H,3,5-7,9H2,1H3/b4-2-. The topological polar surface area (TPSA) is 63.6 Å². The van der Waals surface area contributed by atoms with E-state index in [2.05, 4.69) is 4.74 Å². The molecule has 17 heavy (non-hydrogen) atoms. The molecule has 0 bridgehead atoms. The molecule has 1 atom stereocenters. The summed E-state index contributed by atoms with van der Waals surface area (Å²) in [7, 11) is 1.38. The molecule has 0 saturated heterocycles. The van der Waals surface area contributed by atoms with Crippen molar-refractivity contribution in [2.45, 2.75) is 38.2 Å². The third kappa shape index (κ3) is 4.95. The van der Waals surface area contributed by atoms with Crippen LogP contribution >= 0.6 is 0 Å². The minimum absolute atomic E-state index is 0.0247. The zero-order valence-electron chi connectivity index (χ0n) is 10.0. The van der Waals surface area contributed by atoms with Gasteiger partial charge in [0.05, 0.1) is 13.2 Å². The number of ether oxygens (including phenoxy) is 1. The molecule has 1 rings (SSSR count). The Bertz CT molecular complexity index is 341. The molecule has 0 radical (unpaired) electrons. The maximum Gasteiger partial charge on any atom is 0.305 e. The number of carbonyl (C=O) groups is 2. The van der Waals surface area contributed by atoms with Crippen LogP contribution in [0.5, 0.6) is 0 Å². The number of methoxy groups -OCH3 is 1. The van der Waals surface area contributed by atoms with Crippen molar-refractivity contribution in [2.75, 3.05) is 7.11 Å². The van der Waals surface area contributed by atoms with E-state index in [1.54, 1.807) is 6.08 Å². The largest absolute Gasteiger partial charge is 0.469 e. The summed E-state index contributed by atoms with van der Waals surface area (Å²) in [6, 6.07) is 0. The summed E-state index contributed by atoms with van der Waals surface area (Å²) in [6.07, 6.45) is 7.59. The Morgan fingerprint density at radius 2 is 2.35 bits per heavy atom. The number of esters is 1. The zero-order chi connectivity index (χ0) is 12.7. The molecular weight excluding hydrogens is 220 g/mol. The molecule has 0 aromatic heterocycles. The Hall–Kier alpha value is -1.42. The van der Waals surface area contributed by atoms with Gasteiger partial charge in [-0.05, 0) is 30.9 Å². The van der Waals surface area contributed by atoms with Crippen molar-refractivity contribution < 1.29 is 19.4 Å². The molecular formula is C13H18O4. The lowest BCUT2D eigenvalue weighted by molar-refractivity contribution is -0.140. The Labute approximate surface area is 101 Å².